The highest BCUT2D eigenvalue weighted by Gasteiger charge is 1.81. The van der Waals surface area contributed by atoms with Crippen LogP contribution in [-0.4, -0.2) is 26.2 Å². The molecule has 0 radical (unpaired) electrons. The molecule has 0 fully saturated rings. The molecule has 3 nitrogen and oxygen atoms in total. The molecule has 0 aliphatic heterocycles. The zero-order valence-electron chi connectivity index (χ0n) is 9.79. The van der Waals surface area contributed by atoms with Gasteiger partial charge in [0.25, 0.3) is 0 Å². The van der Waals surface area contributed by atoms with E-state index in [2.05, 4.69) is 36.6 Å². The first-order chi connectivity index (χ1) is 7.35. The Morgan fingerprint density at radius 3 is 1.57 bits per heavy atom. The third kappa shape index (κ3) is 32.5. The predicted molar refractivity (Wildman–Crippen MR) is 109 cm³/mol. The van der Waals surface area contributed by atoms with E-state index in [1.54, 1.807) is 0 Å². The van der Waals surface area contributed by atoms with Gasteiger partial charge in [0.1, 0.15) is 0 Å². The van der Waals surface area contributed by atoms with E-state index in [0.717, 1.165) is 26.2 Å². The third-order valence-electron chi connectivity index (χ3n) is 1.73. The molecule has 1 aromatic rings. The molecule has 1 aromatic carbocycles. The van der Waals surface area contributed by atoms with Crippen LogP contribution in [-0.2, 0) is 0 Å². The molecule has 134 valence electrons. The molecule has 21 heavy (non-hydrogen) atoms. The van der Waals surface area contributed by atoms with Gasteiger partial charge in [0, 0.05) is 25.3 Å². The minimum absolute atomic E-state index is 0. The maximum absolute atomic E-state index is 5.15. The quantitative estimate of drug-likeness (QED) is 0.630. The number of benzene rings is 1. The Bertz CT molecular complexity index is 209. The van der Waals surface area contributed by atoms with Crippen molar-refractivity contribution in [2.45, 2.75) is 58.4 Å². The van der Waals surface area contributed by atoms with Crippen LogP contribution in [0.3, 0.4) is 0 Å². The third-order valence-corrected chi connectivity index (χ3v) is 1.73. The van der Waals surface area contributed by atoms with Crippen LogP contribution in [0, 0.1) is 0 Å². The lowest BCUT2D eigenvalue weighted by Gasteiger charge is -1.99. The average molecular weight is 306 g/mol. The van der Waals surface area contributed by atoms with Crippen LogP contribution in [0.4, 0.5) is 5.69 Å². The summed E-state index contributed by atoms with van der Waals surface area (Å²) in [4.78, 5) is 0. The predicted octanol–water partition coefficient (Wildman–Crippen LogP) is 5.49. The molecule has 0 unspecified atom stereocenters. The zero-order valence-corrected chi connectivity index (χ0v) is 9.79. The molecule has 0 saturated carbocycles. The molecule has 0 aliphatic carbocycles. The molecular weight excluding hydrogens is 258 g/mol. The van der Waals surface area contributed by atoms with Gasteiger partial charge in [-0.25, -0.2) is 0 Å². The van der Waals surface area contributed by atoms with Gasteiger partial charge in [-0.1, -0.05) is 69.7 Å². The van der Waals surface area contributed by atoms with Gasteiger partial charge < -0.3 is 16.4 Å². The molecular formula is C18H47N3. The molecule has 3 heteroatoms. The smallest absolute Gasteiger partial charge is 0.0340 e. The van der Waals surface area contributed by atoms with Crippen LogP contribution in [0.2, 0.25) is 0 Å². The topological polar surface area (TPSA) is 50.1 Å². The number of para-hydroxylation sites is 1. The van der Waals surface area contributed by atoms with E-state index in [1.807, 2.05) is 18.2 Å². The minimum Gasteiger partial charge on any atom is -0.385 e. The van der Waals surface area contributed by atoms with E-state index >= 15 is 0 Å². The van der Waals surface area contributed by atoms with Crippen molar-refractivity contribution in [1.82, 2.24) is 5.32 Å². The van der Waals surface area contributed by atoms with Gasteiger partial charge in [0.05, 0.1) is 0 Å². The molecule has 0 heterocycles. The molecule has 0 aliphatic rings. The number of anilines is 1. The van der Waals surface area contributed by atoms with Gasteiger partial charge in [-0.3, -0.25) is 0 Å². The summed E-state index contributed by atoms with van der Waals surface area (Å²) in [7, 11) is 0. The number of likely N-dealkylation sites (N-methyl/N-ethyl adjacent to an activating group) is 1. The second-order valence-electron chi connectivity index (χ2n) is 3.04. The lowest BCUT2D eigenvalue weighted by Crippen LogP contribution is -2.21. The summed E-state index contributed by atoms with van der Waals surface area (Å²) in [6, 6.07) is 10.2. The Hall–Kier alpha value is -1.06. The molecule has 0 bridgehead atoms. The van der Waals surface area contributed by atoms with Gasteiger partial charge in [-0.05, 0) is 25.6 Å². The summed E-state index contributed by atoms with van der Waals surface area (Å²) >= 11 is 0. The monoisotopic (exact) mass is 305 g/mol. The fourth-order valence-corrected chi connectivity index (χ4v) is 1.04. The van der Waals surface area contributed by atoms with Gasteiger partial charge in [-0.2, -0.15) is 0 Å². The van der Waals surface area contributed by atoms with Gasteiger partial charge in [0.15, 0.2) is 0 Å². The van der Waals surface area contributed by atoms with Crippen LogP contribution in [0.25, 0.3) is 0 Å². The van der Waals surface area contributed by atoms with Crippen LogP contribution in [0.15, 0.2) is 30.3 Å². The Kier molecular flexibility index (Phi) is 74.1. The van der Waals surface area contributed by atoms with Crippen LogP contribution >= 0.6 is 0 Å². The van der Waals surface area contributed by atoms with E-state index in [9.17, 15) is 0 Å². The van der Waals surface area contributed by atoms with Crippen molar-refractivity contribution >= 4 is 5.69 Å². The molecule has 0 saturated heterocycles. The Morgan fingerprint density at radius 2 is 1.29 bits per heavy atom. The standard InChI is InChI=1S/C8H11N.C4H12N2.6CH4/c1-2-9-8-6-4-3-5-7-8;1-2-6-4-3-5;;;;;;/h3-7,9H,2H2,1H3;6H,2-5H2,1H3;6*1H4. The summed E-state index contributed by atoms with van der Waals surface area (Å²) in [5, 5.41) is 6.28. The number of hydrogen-bond donors (Lipinski definition) is 3. The van der Waals surface area contributed by atoms with Gasteiger partial charge in [0.2, 0.25) is 0 Å². The van der Waals surface area contributed by atoms with E-state index < -0.39 is 0 Å². The highest BCUT2D eigenvalue weighted by Crippen LogP contribution is 2.02. The second-order valence-corrected chi connectivity index (χ2v) is 3.04. The minimum atomic E-state index is 0. The summed E-state index contributed by atoms with van der Waals surface area (Å²) in [6.07, 6.45) is 0. The highest BCUT2D eigenvalue weighted by atomic mass is 14.9. The summed E-state index contributed by atoms with van der Waals surface area (Å²) in [5.41, 5.74) is 6.35. The van der Waals surface area contributed by atoms with Crippen LogP contribution in [0.1, 0.15) is 58.4 Å². The first-order valence-electron chi connectivity index (χ1n) is 5.54. The van der Waals surface area contributed by atoms with Gasteiger partial charge in [-0.15, -0.1) is 0 Å². The van der Waals surface area contributed by atoms with Crippen LogP contribution in [0.5, 0.6) is 0 Å². The number of hydrogen-bond acceptors (Lipinski definition) is 3. The largest absolute Gasteiger partial charge is 0.385 e. The van der Waals surface area contributed by atoms with E-state index in [4.69, 9.17) is 5.73 Å². The zero-order chi connectivity index (χ0) is 11.4. The number of rotatable bonds is 5. The van der Waals surface area contributed by atoms with Crippen molar-refractivity contribution in [3.63, 3.8) is 0 Å². The Balaban J connectivity index is -0.0000000303. The second kappa shape index (κ2) is 36.4. The molecule has 0 amide bonds. The fourth-order valence-electron chi connectivity index (χ4n) is 1.04. The molecule has 0 aromatic heterocycles. The fraction of sp³-hybridized carbons (Fsp3) is 0.667. The van der Waals surface area contributed by atoms with E-state index in [-0.39, 0.29) is 44.6 Å². The van der Waals surface area contributed by atoms with Crippen molar-refractivity contribution in [3.05, 3.63) is 30.3 Å². The normalized spacial score (nSPS) is 6.43. The summed E-state index contributed by atoms with van der Waals surface area (Å²) in [6.45, 7) is 7.86. The molecule has 0 atom stereocenters. The lowest BCUT2D eigenvalue weighted by molar-refractivity contribution is 0.725. The first-order valence-corrected chi connectivity index (χ1v) is 5.54. The maximum atomic E-state index is 5.15. The highest BCUT2D eigenvalue weighted by molar-refractivity contribution is 5.41. The van der Waals surface area contributed by atoms with Crippen molar-refractivity contribution < 1.29 is 0 Å². The van der Waals surface area contributed by atoms with Crippen molar-refractivity contribution in [3.8, 4) is 0 Å². The maximum Gasteiger partial charge on any atom is 0.0340 e. The number of nitrogens with two attached hydrogens (primary N) is 1. The van der Waals surface area contributed by atoms with Gasteiger partial charge >= 0.3 is 0 Å². The van der Waals surface area contributed by atoms with Crippen molar-refractivity contribution in [2.24, 2.45) is 5.73 Å². The first kappa shape index (κ1) is 42.7. The molecule has 4 N–H and O–H groups in total. The van der Waals surface area contributed by atoms with Crippen LogP contribution < -0.4 is 16.4 Å². The Labute approximate surface area is 137 Å². The van der Waals surface area contributed by atoms with Crippen molar-refractivity contribution in [2.75, 3.05) is 31.5 Å². The molecule has 1 rings (SSSR count). The van der Waals surface area contributed by atoms with Crippen molar-refractivity contribution in [1.29, 1.82) is 0 Å². The summed E-state index contributed by atoms with van der Waals surface area (Å²) in [5.74, 6) is 0. The lowest BCUT2D eigenvalue weighted by atomic mass is 10.3. The molecule has 0 spiro atoms. The number of nitrogens with one attached hydrogen (secondary N) is 2. The Morgan fingerprint density at radius 1 is 0.810 bits per heavy atom. The van der Waals surface area contributed by atoms with E-state index in [0.29, 0.717) is 0 Å². The van der Waals surface area contributed by atoms with E-state index in [1.165, 1.54) is 5.69 Å². The SMILES string of the molecule is C.C.C.C.C.C.CCNCCN.CCNc1ccccc1. The average Bonchev–Trinajstić information content (AvgIpc) is 2.29. The summed E-state index contributed by atoms with van der Waals surface area (Å²) < 4.78 is 0.